The standard InChI is InChI=1S/C29H57NO10/c1-3-5-7-9-10-11-12-13-15-17-22(33)28(38)30-20(24(34)21(32)16-14-8-6-4-2)19-39-29-27(37)26(36)25(35)23(18-31)40-29/h20-27,29,31-37H,3-19H2,1-2H3,(H,30,38). The highest BCUT2D eigenvalue weighted by Gasteiger charge is 2.44. The van der Waals surface area contributed by atoms with Crippen LogP contribution in [-0.4, -0.2) is 110 Å². The molecule has 0 aliphatic carbocycles. The van der Waals surface area contributed by atoms with Crippen molar-refractivity contribution >= 4 is 5.91 Å². The van der Waals surface area contributed by atoms with E-state index in [0.29, 0.717) is 19.3 Å². The van der Waals surface area contributed by atoms with Crippen molar-refractivity contribution in [3.63, 3.8) is 0 Å². The van der Waals surface area contributed by atoms with Crippen LogP contribution in [0.1, 0.15) is 110 Å². The van der Waals surface area contributed by atoms with Gasteiger partial charge in [0, 0.05) is 0 Å². The van der Waals surface area contributed by atoms with Gasteiger partial charge in [0.1, 0.15) is 36.6 Å². The lowest BCUT2D eigenvalue weighted by molar-refractivity contribution is -0.303. The van der Waals surface area contributed by atoms with Crippen molar-refractivity contribution in [3.05, 3.63) is 0 Å². The highest BCUT2D eigenvalue weighted by Crippen LogP contribution is 2.23. The first-order valence-electron chi connectivity index (χ1n) is 15.4. The number of aliphatic hydroxyl groups is 7. The van der Waals surface area contributed by atoms with Gasteiger partial charge in [0.2, 0.25) is 5.91 Å². The molecule has 238 valence electrons. The third-order valence-electron chi connectivity index (χ3n) is 7.66. The SMILES string of the molecule is CCCCCCCCCCCC(O)C(=O)NC(COC1OC(CO)C(O)C(O)C1O)C(O)C(O)CCCCCC. The van der Waals surface area contributed by atoms with Crippen LogP contribution in [-0.2, 0) is 14.3 Å². The van der Waals surface area contributed by atoms with E-state index in [-0.39, 0.29) is 6.42 Å². The summed E-state index contributed by atoms with van der Waals surface area (Å²) in [6, 6.07) is -1.15. The van der Waals surface area contributed by atoms with Crippen molar-refractivity contribution in [2.24, 2.45) is 0 Å². The fraction of sp³-hybridized carbons (Fsp3) is 0.966. The average Bonchev–Trinajstić information content (AvgIpc) is 2.95. The predicted molar refractivity (Wildman–Crippen MR) is 150 cm³/mol. The molecule has 9 atom stereocenters. The number of hydrogen-bond donors (Lipinski definition) is 8. The summed E-state index contributed by atoms with van der Waals surface area (Å²) in [7, 11) is 0. The Kier molecular flexibility index (Phi) is 20.2. The summed E-state index contributed by atoms with van der Waals surface area (Å²) in [4.78, 5) is 12.8. The smallest absolute Gasteiger partial charge is 0.249 e. The summed E-state index contributed by atoms with van der Waals surface area (Å²) >= 11 is 0. The molecule has 8 N–H and O–H groups in total. The van der Waals surface area contributed by atoms with Crippen LogP contribution in [0.15, 0.2) is 0 Å². The molecular weight excluding hydrogens is 522 g/mol. The molecule has 1 saturated heterocycles. The number of carbonyl (C=O) groups is 1. The summed E-state index contributed by atoms with van der Waals surface area (Å²) in [5.74, 6) is -0.709. The molecule has 1 rings (SSSR count). The van der Waals surface area contributed by atoms with Crippen molar-refractivity contribution in [2.75, 3.05) is 13.2 Å². The Hall–Kier alpha value is -0.890. The lowest BCUT2D eigenvalue weighted by Crippen LogP contribution is -2.60. The van der Waals surface area contributed by atoms with Crippen LogP contribution in [0.5, 0.6) is 0 Å². The second-order valence-corrected chi connectivity index (χ2v) is 11.2. The van der Waals surface area contributed by atoms with Gasteiger partial charge in [-0.05, 0) is 12.8 Å². The molecule has 11 nitrogen and oxygen atoms in total. The molecule has 0 saturated carbocycles. The first-order valence-corrected chi connectivity index (χ1v) is 15.4. The zero-order chi connectivity index (χ0) is 29.9. The summed E-state index contributed by atoms with van der Waals surface area (Å²) < 4.78 is 10.9. The van der Waals surface area contributed by atoms with Crippen LogP contribution in [0.25, 0.3) is 0 Å². The topological polar surface area (TPSA) is 189 Å². The predicted octanol–water partition coefficient (Wildman–Crippen LogP) is 1.26. The number of nitrogens with one attached hydrogen (secondary N) is 1. The molecular formula is C29H57NO10. The van der Waals surface area contributed by atoms with Gasteiger partial charge in [-0.25, -0.2) is 0 Å². The van der Waals surface area contributed by atoms with Gasteiger partial charge in [0.15, 0.2) is 6.29 Å². The maximum absolute atomic E-state index is 12.8. The van der Waals surface area contributed by atoms with Crippen molar-refractivity contribution < 1.29 is 50.0 Å². The maximum atomic E-state index is 12.8. The third kappa shape index (κ3) is 13.8. The minimum absolute atomic E-state index is 0.262. The lowest BCUT2D eigenvalue weighted by Gasteiger charge is -2.40. The first-order chi connectivity index (χ1) is 19.2. The van der Waals surface area contributed by atoms with Gasteiger partial charge in [-0.1, -0.05) is 97.3 Å². The van der Waals surface area contributed by atoms with E-state index >= 15 is 0 Å². The Bertz CT molecular complexity index is 640. The second-order valence-electron chi connectivity index (χ2n) is 11.2. The van der Waals surface area contributed by atoms with E-state index in [4.69, 9.17) is 9.47 Å². The molecule has 0 bridgehead atoms. The molecule has 0 spiro atoms. The Morgan fingerprint density at radius 3 is 1.88 bits per heavy atom. The van der Waals surface area contributed by atoms with Gasteiger partial charge in [-0.15, -0.1) is 0 Å². The molecule has 0 aromatic heterocycles. The molecule has 1 aliphatic heterocycles. The van der Waals surface area contributed by atoms with Crippen molar-refractivity contribution in [1.29, 1.82) is 0 Å². The molecule has 1 aliphatic rings. The molecule has 0 aromatic carbocycles. The number of amides is 1. The third-order valence-corrected chi connectivity index (χ3v) is 7.66. The van der Waals surface area contributed by atoms with E-state index < -0.39 is 74.2 Å². The van der Waals surface area contributed by atoms with Crippen molar-refractivity contribution in [2.45, 2.75) is 165 Å². The van der Waals surface area contributed by atoms with E-state index in [1.807, 2.05) is 0 Å². The normalized spacial score (nSPS) is 26.3. The Labute approximate surface area is 239 Å². The van der Waals surface area contributed by atoms with Crippen LogP contribution in [0.2, 0.25) is 0 Å². The van der Waals surface area contributed by atoms with Gasteiger partial charge in [0.05, 0.1) is 25.4 Å². The van der Waals surface area contributed by atoms with Gasteiger partial charge in [-0.2, -0.15) is 0 Å². The van der Waals surface area contributed by atoms with E-state index in [9.17, 15) is 40.5 Å². The van der Waals surface area contributed by atoms with E-state index in [1.165, 1.54) is 32.1 Å². The minimum atomic E-state index is -1.65. The highest BCUT2D eigenvalue weighted by molar-refractivity contribution is 5.80. The average molecular weight is 580 g/mol. The number of aliphatic hydroxyl groups excluding tert-OH is 7. The van der Waals surface area contributed by atoms with Crippen molar-refractivity contribution in [3.8, 4) is 0 Å². The monoisotopic (exact) mass is 579 g/mol. The first kappa shape index (κ1) is 37.1. The van der Waals surface area contributed by atoms with Crippen LogP contribution >= 0.6 is 0 Å². The van der Waals surface area contributed by atoms with Crippen LogP contribution in [0, 0.1) is 0 Å². The van der Waals surface area contributed by atoms with Crippen LogP contribution < -0.4 is 5.32 Å². The molecule has 1 fully saturated rings. The second kappa shape index (κ2) is 21.8. The van der Waals surface area contributed by atoms with E-state index in [0.717, 1.165) is 38.5 Å². The van der Waals surface area contributed by atoms with Crippen LogP contribution in [0.4, 0.5) is 0 Å². The summed E-state index contributed by atoms with van der Waals surface area (Å²) in [5, 5.41) is 74.0. The molecule has 1 heterocycles. The zero-order valence-electron chi connectivity index (χ0n) is 24.6. The molecule has 9 unspecified atom stereocenters. The van der Waals surface area contributed by atoms with Gasteiger partial charge in [-0.3, -0.25) is 4.79 Å². The molecule has 0 aromatic rings. The van der Waals surface area contributed by atoms with Crippen molar-refractivity contribution in [1.82, 2.24) is 5.32 Å². The van der Waals surface area contributed by atoms with Gasteiger partial charge < -0.3 is 50.5 Å². The van der Waals surface area contributed by atoms with Crippen LogP contribution in [0.3, 0.4) is 0 Å². The summed E-state index contributed by atoms with van der Waals surface area (Å²) in [5.41, 5.74) is 0. The van der Waals surface area contributed by atoms with E-state index in [1.54, 1.807) is 0 Å². The molecule has 1 amide bonds. The molecule has 40 heavy (non-hydrogen) atoms. The highest BCUT2D eigenvalue weighted by atomic mass is 16.7. The Morgan fingerprint density at radius 2 is 1.30 bits per heavy atom. The quantitative estimate of drug-likeness (QED) is 0.0818. The zero-order valence-corrected chi connectivity index (χ0v) is 24.6. The Balaban J connectivity index is 2.66. The van der Waals surface area contributed by atoms with Gasteiger partial charge in [0.25, 0.3) is 0 Å². The largest absolute Gasteiger partial charge is 0.394 e. The fourth-order valence-electron chi connectivity index (χ4n) is 4.91. The molecule has 0 radical (unpaired) electrons. The van der Waals surface area contributed by atoms with Gasteiger partial charge >= 0.3 is 0 Å². The number of rotatable bonds is 23. The molecule has 11 heteroatoms. The number of carbonyl (C=O) groups excluding carboxylic acids is 1. The van der Waals surface area contributed by atoms with E-state index in [2.05, 4.69) is 19.2 Å². The lowest BCUT2D eigenvalue weighted by atomic mass is 9.98. The fourth-order valence-corrected chi connectivity index (χ4v) is 4.91. The maximum Gasteiger partial charge on any atom is 0.249 e. The number of unbranched alkanes of at least 4 members (excludes halogenated alkanes) is 11. The Morgan fingerprint density at radius 1 is 0.775 bits per heavy atom. The number of hydrogen-bond acceptors (Lipinski definition) is 10. The summed E-state index contributed by atoms with van der Waals surface area (Å²) in [6.07, 6.45) is 2.67. The minimum Gasteiger partial charge on any atom is -0.394 e. The summed E-state index contributed by atoms with van der Waals surface area (Å²) in [6.45, 7) is 3.20. The number of ether oxygens (including phenoxy) is 2.